The smallest absolute Gasteiger partial charge is 0.266 e. The van der Waals surface area contributed by atoms with E-state index in [1.807, 2.05) is 6.07 Å². The van der Waals surface area contributed by atoms with E-state index < -0.39 is 0 Å². The molecule has 0 aliphatic heterocycles. The molecule has 0 fully saturated rings. The van der Waals surface area contributed by atoms with E-state index in [2.05, 4.69) is 17.0 Å². The number of hydrogen-bond acceptors (Lipinski definition) is 3. The van der Waals surface area contributed by atoms with E-state index >= 15 is 0 Å². The van der Waals surface area contributed by atoms with Gasteiger partial charge in [0, 0.05) is 18.8 Å². The van der Waals surface area contributed by atoms with Crippen LogP contribution >= 0.6 is 11.6 Å². The van der Waals surface area contributed by atoms with Crippen LogP contribution in [0, 0.1) is 0 Å². The number of hydrogen-bond donors (Lipinski definition) is 0. The first-order chi connectivity index (χ1) is 10.7. The van der Waals surface area contributed by atoms with Crippen LogP contribution in [0.1, 0.15) is 45.4 Å². The second-order valence-corrected chi connectivity index (χ2v) is 5.85. The number of aromatic nitrogens is 3. The van der Waals surface area contributed by atoms with Crippen molar-refractivity contribution < 1.29 is 0 Å². The zero-order chi connectivity index (χ0) is 15.8. The zero-order valence-electron chi connectivity index (χ0n) is 13.0. The third-order valence-corrected chi connectivity index (χ3v) is 3.80. The molecule has 0 aromatic carbocycles. The Hall–Kier alpha value is -1.68. The summed E-state index contributed by atoms with van der Waals surface area (Å²) in [5.41, 5.74) is 1.36. The minimum Gasteiger partial charge on any atom is -0.268 e. The highest BCUT2D eigenvalue weighted by molar-refractivity contribution is 6.30. The average Bonchev–Trinajstić information content (AvgIpc) is 2.53. The molecule has 0 aliphatic carbocycles. The molecule has 0 spiro atoms. The minimum absolute atomic E-state index is 0.0636. The quantitative estimate of drug-likeness (QED) is 0.681. The summed E-state index contributed by atoms with van der Waals surface area (Å²) < 4.78 is 1.53. The molecule has 0 saturated carbocycles. The van der Waals surface area contributed by atoms with Crippen molar-refractivity contribution in [2.75, 3.05) is 0 Å². The molecule has 4 nitrogen and oxygen atoms in total. The van der Waals surface area contributed by atoms with Gasteiger partial charge in [0.2, 0.25) is 0 Å². The molecule has 2 rings (SSSR count). The molecule has 5 heteroatoms. The lowest BCUT2D eigenvalue weighted by atomic mass is 10.1. The van der Waals surface area contributed by atoms with Crippen molar-refractivity contribution in [1.29, 1.82) is 0 Å². The van der Waals surface area contributed by atoms with Crippen molar-refractivity contribution in [1.82, 2.24) is 14.8 Å². The molecule has 118 valence electrons. The molecular weight excluding hydrogens is 298 g/mol. The molecule has 0 amide bonds. The van der Waals surface area contributed by atoms with Gasteiger partial charge in [0.1, 0.15) is 5.69 Å². The van der Waals surface area contributed by atoms with Gasteiger partial charge in [-0.3, -0.25) is 9.78 Å². The van der Waals surface area contributed by atoms with E-state index in [1.165, 1.54) is 30.4 Å². The monoisotopic (exact) mass is 319 g/mol. The number of nitrogens with zero attached hydrogens (tertiary/aromatic N) is 3. The average molecular weight is 320 g/mol. The van der Waals surface area contributed by atoms with Crippen molar-refractivity contribution in [2.45, 2.75) is 52.0 Å². The van der Waals surface area contributed by atoms with Gasteiger partial charge < -0.3 is 0 Å². The molecule has 0 atom stereocenters. The van der Waals surface area contributed by atoms with E-state index in [0.717, 1.165) is 18.5 Å². The lowest BCUT2D eigenvalue weighted by molar-refractivity contribution is 0.510. The van der Waals surface area contributed by atoms with Gasteiger partial charge in [-0.1, -0.05) is 50.6 Å². The molecule has 0 N–H and O–H groups in total. The summed E-state index contributed by atoms with van der Waals surface area (Å²) in [6, 6.07) is 6.84. The Morgan fingerprint density at radius 2 is 1.73 bits per heavy atom. The van der Waals surface area contributed by atoms with Crippen molar-refractivity contribution >= 4 is 11.6 Å². The van der Waals surface area contributed by atoms with Gasteiger partial charge in [0.05, 0.1) is 10.7 Å². The van der Waals surface area contributed by atoms with Crippen LogP contribution in [-0.2, 0) is 6.54 Å². The molecule has 22 heavy (non-hydrogen) atoms. The Morgan fingerprint density at radius 1 is 1.00 bits per heavy atom. The van der Waals surface area contributed by atoms with E-state index in [4.69, 9.17) is 11.6 Å². The SMILES string of the molecule is CCCCCCCCn1nc(-c2ccc(Cl)cn2)ccc1=O. The highest BCUT2D eigenvalue weighted by Crippen LogP contribution is 2.15. The number of aryl methyl sites for hydroxylation is 1. The third kappa shape index (κ3) is 4.95. The number of pyridine rings is 1. The topological polar surface area (TPSA) is 47.8 Å². The molecule has 2 heterocycles. The minimum atomic E-state index is -0.0636. The van der Waals surface area contributed by atoms with Gasteiger partial charge >= 0.3 is 0 Å². The lowest BCUT2D eigenvalue weighted by Gasteiger charge is -2.07. The van der Waals surface area contributed by atoms with Gasteiger partial charge in [-0.05, 0) is 24.6 Å². The largest absolute Gasteiger partial charge is 0.268 e. The Balaban J connectivity index is 1.98. The van der Waals surface area contributed by atoms with Crippen LogP contribution in [-0.4, -0.2) is 14.8 Å². The number of halogens is 1. The van der Waals surface area contributed by atoms with Crippen molar-refractivity contribution in [3.63, 3.8) is 0 Å². The Labute approximate surface area is 136 Å². The van der Waals surface area contributed by atoms with E-state index in [1.54, 1.807) is 24.4 Å². The molecule has 0 unspecified atom stereocenters. The first-order valence-electron chi connectivity index (χ1n) is 7.91. The summed E-state index contributed by atoms with van der Waals surface area (Å²) >= 11 is 5.84. The van der Waals surface area contributed by atoms with E-state index in [-0.39, 0.29) is 5.56 Å². The summed E-state index contributed by atoms with van der Waals surface area (Å²) in [6.07, 6.45) is 8.73. The Morgan fingerprint density at radius 3 is 2.45 bits per heavy atom. The molecular formula is C17H22ClN3O. The van der Waals surface area contributed by atoms with E-state index in [9.17, 15) is 4.79 Å². The third-order valence-electron chi connectivity index (χ3n) is 3.58. The molecule has 0 aliphatic rings. The predicted molar refractivity (Wildman–Crippen MR) is 90.1 cm³/mol. The summed E-state index contributed by atoms with van der Waals surface area (Å²) in [5.74, 6) is 0. The highest BCUT2D eigenvalue weighted by Gasteiger charge is 2.04. The summed E-state index contributed by atoms with van der Waals surface area (Å²) in [6.45, 7) is 2.87. The lowest BCUT2D eigenvalue weighted by Crippen LogP contribution is -2.22. The molecule has 0 radical (unpaired) electrons. The maximum Gasteiger partial charge on any atom is 0.266 e. The maximum atomic E-state index is 11.9. The van der Waals surface area contributed by atoms with Gasteiger partial charge in [-0.15, -0.1) is 0 Å². The molecule has 0 saturated heterocycles. The van der Waals surface area contributed by atoms with Gasteiger partial charge in [0.15, 0.2) is 0 Å². The fourth-order valence-electron chi connectivity index (χ4n) is 2.31. The van der Waals surface area contributed by atoms with Gasteiger partial charge in [-0.2, -0.15) is 5.10 Å². The van der Waals surface area contributed by atoms with Crippen LogP contribution in [0.2, 0.25) is 5.02 Å². The first-order valence-corrected chi connectivity index (χ1v) is 8.28. The summed E-state index contributed by atoms with van der Waals surface area (Å²) in [7, 11) is 0. The Bertz CT molecular complexity index is 637. The van der Waals surface area contributed by atoms with Crippen molar-refractivity contribution in [3.05, 3.63) is 45.8 Å². The van der Waals surface area contributed by atoms with Crippen LogP contribution in [0.25, 0.3) is 11.4 Å². The van der Waals surface area contributed by atoms with Crippen LogP contribution in [0.15, 0.2) is 35.3 Å². The summed E-state index contributed by atoms with van der Waals surface area (Å²) in [4.78, 5) is 16.1. The number of unbranched alkanes of at least 4 members (excludes halogenated alkanes) is 5. The van der Waals surface area contributed by atoms with Crippen LogP contribution in [0.4, 0.5) is 0 Å². The van der Waals surface area contributed by atoms with Gasteiger partial charge in [0.25, 0.3) is 5.56 Å². The predicted octanol–water partition coefficient (Wildman–Crippen LogP) is 4.32. The van der Waals surface area contributed by atoms with Gasteiger partial charge in [-0.25, -0.2) is 4.68 Å². The first kappa shape index (κ1) is 16.7. The fourth-order valence-corrected chi connectivity index (χ4v) is 2.43. The number of rotatable bonds is 8. The standard InChI is InChI=1S/C17H22ClN3O/c1-2-3-4-5-6-7-12-21-17(22)11-10-16(20-21)15-9-8-14(18)13-19-15/h8-11,13H,2-7,12H2,1H3. The second kappa shape index (κ2) is 8.69. The van der Waals surface area contributed by atoms with Crippen LogP contribution < -0.4 is 5.56 Å². The fraction of sp³-hybridized carbons (Fsp3) is 0.471. The van der Waals surface area contributed by atoms with Crippen molar-refractivity contribution in [3.8, 4) is 11.4 Å². The molecule has 0 bridgehead atoms. The Kier molecular flexibility index (Phi) is 6.59. The van der Waals surface area contributed by atoms with Crippen LogP contribution in [0.3, 0.4) is 0 Å². The highest BCUT2D eigenvalue weighted by atomic mass is 35.5. The van der Waals surface area contributed by atoms with Crippen LogP contribution in [0.5, 0.6) is 0 Å². The van der Waals surface area contributed by atoms with Crippen molar-refractivity contribution in [2.24, 2.45) is 0 Å². The zero-order valence-corrected chi connectivity index (χ0v) is 13.7. The van der Waals surface area contributed by atoms with E-state index in [0.29, 0.717) is 17.3 Å². The second-order valence-electron chi connectivity index (χ2n) is 5.41. The normalized spacial score (nSPS) is 10.8. The molecule has 2 aromatic heterocycles. The molecule has 2 aromatic rings. The maximum absolute atomic E-state index is 11.9. The summed E-state index contributed by atoms with van der Waals surface area (Å²) in [5, 5.41) is 4.99.